The van der Waals surface area contributed by atoms with Crippen molar-refractivity contribution in [2.75, 3.05) is 6.54 Å². The van der Waals surface area contributed by atoms with Crippen LogP contribution in [-0.4, -0.2) is 30.6 Å². The average molecular weight is 327 g/mol. The molecule has 0 saturated carbocycles. The van der Waals surface area contributed by atoms with Crippen LogP contribution in [-0.2, 0) is 0 Å². The van der Waals surface area contributed by atoms with Crippen LogP contribution in [0, 0.1) is 0 Å². The Morgan fingerprint density at radius 3 is 2.68 bits per heavy atom. The maximum atomic E-state index is 12.3. The Hall–Kier alpha value is -1.26. The number of benzene rings is 1. The highest BCUT2D eigenvalue weighted by Crippen LogP contribution is 2.16. The van der Waals surface area contributed by atoms with Crippen molar-refractivity contribution in [3.63, 3.8) is 0 Å². The molecule has 124 valence electrons. The van der Waals surface area contributed by atoms with E-state index in [1.807, 2.05) is 31.2 Å². The van der Waals surface area contributed by atoms with Crippen molar-refractivity contribution in [1.82, 2.24) is 10.6 Å². The first-order valence-corrected chi connectivity index (χ1v) is 7.91. The molecule has 0 aliphatic carbocycles. The molecule has 3 unspecified atom stereocenters. The molecule has 2 rings (SSSR count). The molecule has 5 heteroatoms. The molecular weight excluding hydrogens is 300 g/mol. The topological polar surface area (TPSA) is 50.4 Å². The number of hydrogen-bond donors (Lipinski definition) is 2. The summed E-state index contributed by atoms with van der Waals surface area (Å²) in [6, 6.07) is 7.92. The zero-order chi connectivity index (χ0) is 15.2. The van der Waals surface area contributed by atoms with E-state index < -0.39 is 0 Å². The molecule has 4 nitrogen and oxygen atoms in total. The van der Waals surface area contributed by atoms with Gasteiger partial charge in [-0.3, -0.25) is 4.79 Å². The normalized spacial score (nSPS) is 22.3. The number of carbonyl (C=O) groups is 1. The van der Waals surface area contributed by atoms with E-state index >= 15 is 0 Å². The Kier molecular flexibility index (Phi) is 7.69. The third-order valence-electron chi connectivity index (χ3n) is 4.11. The smallest absolute Gasteiger partial charge is 0.251 e. The Morgan fingerprint density at radius 2 is 2.09 bits per heavy atom. The minimum Gasteiger partial charge on any atom is -0.491 e. The van der Waals surface area contributed by atoms with Gasteiger partial charge in [0.1, 0.15) is 5.75 Å². The molecule has 0 bridgehead atoms. The van der Waals surface area contributed by atoms with Crippen LogP contribution in [0.3, 0.4) is 0 Å². The molecule has 1 aliphatic heterocycles. The van der Waals surface area contributed by atoms with Crippen LogP contribution in [0.25, 0.3) is 0 Å². The molecule has 1 amide bonds. The van der Waals surface area contributed by atoms with Crippen molar-refractivity contribution in [3.8, 4) is 5.75 Å². The van der Waals surface area contributed by atoms with Gasteiger partial charge < -0.3 is 15.4 Å². The SMILES string of the molecule is CCC(C)Oc1ccc(C(=O)NC2CCCNC2C)cc1.Cl. The van der Waals surface area contributed by atoms with Crippen LogP contribution in [0.1, 0.15) is 50.4 Å². The van der Waals surface area contributed by atoms with Crippen molar-refractivity contribution < 1.29 is 9.53 Å². The molecule has 1 saturated heterocycles. The lowest BCUT2D eigenvalue weighted by Crippen LogP contribution is -2.51. The molecule has 1 aromatic rings. The summed E-state index contributed by atoms with van der Waals surface area (Å²) in [4.78, 5) is 12.3. The lowest BCUT2D eigenvalue weighted by Gasteiger charge is -2.30. The molecule has 3 atom stereocenters. The van der Waals surface area contributed by atoms with Gasteiger partial charge in [-0.15, -0.1) is 12.4 Å². The summed E-state index contributed by atoms with van der Waals surface area (Å²) in [5.74, 6) is 0.805. The summed E-state index contributed by atoms with van der Waals surface area (Å²) in [6.07, 6.45) is 3.31. The van der Waals surface area contributed by atoms with Gasteiger partial charge in [-0.2, -0.15) is 0 Å². The molecular formula is C17H27ClN2O2. The molecule has 0 spiro atoms. The summed E-state index contributed by atoms with van der Waals surface area (Å²) in [5, 5.41) is 6.51. The fourth-order valence-corrected chi connectivity index (χ4v) is 2.49. The highest BCUT2D eigenvalue weighted by molar-refractivity contribution is 5.94. The number of amides is 1. The second-order valence-corrected chi connectivity index (χ2v) is 5.83. The standard InChI is InChI=1S/C17H26N2O2.ClH/c1-4-12(2)21-15-9-7-14(8-10-15)17(20)19-16-6-5-11-18-13(16)3;/h7-10,12-13,16,18H,4-6,11H2,1-3H3,(H,19,20);1H. The van der Waals surface area contributed by atoms with E-state index in [0.717, 1.165) is 31.6 Å². The highest BCUT2D eigenvalue weighted by Gasteiger charge is 2.22. The molecule has 1 aliphatic rings. The van der Waals surface area contributed by atoms with Crippen molar-refractivity contribution in [2.45, 2.75) is 58.2 Å². The molecule has 0 radical (unpaired) electrons. The van der Waals surface area contributed by atoms with E-state index in [0.29, 0.717) is 11.6 Å². The summed E-state index contributed by atoms with van der Waals surface area (Å²) in [6.45, 7) is 7.28. The second-order valence-electron chi connectivity index (χ2n) is 5.83. The minimum atomic E-state index is -0.00867. The number of piperidine rings is 1. The maximum Gasteiger partial charge on any atom is 0.251 e. The summed E-state index contributed by atoms with van der Waals surface area (Å²) >= 11 is 0. The fraction of sp³-hybridized carbons (Fsp3) is 0.588. The highest BCUT2D eigenvalue weighted by atomic mass is 35.5. The van der Waals surface area contributed by atoms with Gasteiger partial charge in [-0.25, -0.2) is 0 Å². The van der Waals surface area contributed by atoms with E-state index in [1.165, 1.54) is 0 Å². The van der Waals surface area contributed by atoms with Gasteiger partial charge >= 0.3 is 0 Å². The van der Waals surface area contributed by atoms with Gasteiger partial charge in [-0.05, 0) is 63.9 Å². The van der Waals surface area contributed by atoms with E-state index in [9.17, 15) is 4.79 Å². The van der Waals surface area contributed by atoms with Gasteiger partial charge in [0.15, 0.2) is 0 Å². The van der Waals surface area contributed by atoms with Gasteiger partial charge in [0.25, 0.3) is 5.91 Å². The lowest BCUT2D eigenvalue weighted by molar-refractivity contribution is 0.0920. The van der Waals surface area contributed by atoms with Crippen LogP contribution in [0.15, 0.2) is 24.3 Å². The number of rotatable bonds is 5. The fourth-order valence-electron chi connectivity index (χ4n) is 2.49. The number of ether oxygens (including phenoxy) is 1. The van der Waals surface area contributed by atoms with Gasteiger partial charge in [0.05, 0.1) is 6.10 Å². The minimum absolute atomic E-state index is 0. The first kappa shape index (κ1) is 18.8. The predicted molar refractivity (Wildman–Crippen MR) is 92.0 cm³/mol. The zero-order valence-corrected chi connectivity index (χ0v) is 14.4. The third kappa shape index (κ3) is 5.18. The number of carbonyl (C=O) groups excluding carboxylic acids is 1. The molecule has 22 heavy (non-hydrogen) atoms. The van der Waals surface area contributed by atoms with E-state index in [4.69, 9.17) is 4.74 Å². The number of nitrogens with one attached hydrogen (secondary N) is 2. The predicted octanol–water partition coefficient (Wildman–Crippen LogP) is 3.16. The second kappa shape index (κ2) is 9.01. The first-order chi connectivity index (χ1) is 10.1. The maximum absolute atomic E-state index is 12.3. The number of halogens is 1. The van der Waals surface area contributed by atoms with Crippen LogP contribution >= 0.6 is 12.4 Å². The Balaban J connectivity index is 0.00000242. The first-order valence-electron chi connectivity index (χ1n) is 7.91. The summed E-state index contributed by atoms with van der Waals surface area (Å²) in [5.41, 5.74) is 0.685. The van der Waals surface area contributed by atoms with Crippen molar-refractivity contribution in [3.05, 3.63) is 29.8 Å². The number of hydrogen-bond acceptors (Lipinski definition) is 3. The molecule has 2 N–H and O–H groups in total. The van der Waals surface area contributed by atoms with Gasteiger partial charge in [0.2, 0.25) is 0 Å². The van der Waals surface area contributed by atoms with E-state index in [-0.39, 0.29) is 30.5 Å². The molecule has 1 heterocycles. The van der Waals surface area contributed by atoms with E-state index in [1.54, 1.807) is 0 Å². The average Bonchev–Trinajstić information content (AvgIpc) is 2.50. The molecule has 1 aromatic carbocycles. The Labute approximate surface area is 139 Å². The Bertz CT molecular complexity index is 464. The van der Waals surface area contributed by atoms with E-state index in [2.05, 4.69) is 24.5 Å². The van der Waals surface area contributed by atoms with Crippen LogP contribution in [0.5, 0.6) is 5.75 Å². The summed E-state index contributed by atoms with van der Waals surface area (Å²) in [7, 11) is 0. The molecule has 1 fully saturated rings. The van der Waals surface area contributed by atoms with Gasteiger partial charge in [0, 0.05) is 17.6 Å². The third-order valence-corrected chi connectivity index (χ3v) is 4.11. The summed E-state index contributed by atoms with van der Waals surface area (Å²) < 4.78 is 5.72. The Morgan fingerprint density at radius 1 is 1.41 bits per heavy atom. The zero-order valence-electron chi connectivity index (χ0n) is 13.6. The van der Waals surface area contributed by atoms with Gasteiger partial charge in [-0.1, -0.05) is 6.92 Å². The van der Waals surface area contributed by atoms with Crippen LogP contribution in [0.4, 0.5) is 0 Å². The largest absolute Gasteiger partial charge is 0.491 e. The van der Waals surface area contributed by atoms with Crippen LogP contribution in [0.2, 0.25) is 0 Å². The molecule has 0 aromatic heterocycles. The van der Waals surface area contributed by atoms with Crippen molar-refractivity contribution in [2.24, 2.45) is 0 Å². The van der Waals surface area contributed by atoms with Crippen molar-refractivity contribution >= 4 is 18.3 Å². The van der Waals surface area contributed by atoms with Crippen LogP contribution < -0.4 is 15.4 Å². The lowest BCUT2D eigenvalue weighted by atomic mass is 9.99. The quantitative estimate of drug-likeness (QED) is 0.874. The monoisotopic (exact) mass is 326 g/mol. The van der Waals surface area contributed by atoms with Crippen molar-refractivity contribution in [1.29, 1.82) is 0 Å².